The number of carbonyl (C=O) groups is 2. The summed E-state index contributed by atoms with van der Waals surface area (Å²) in [6.45, 7) is 1.97. The molecule has 0 aliphatic rings. The zero-order chi connectivity index (χ0) is 36.4. The lowest BCUT2D eigenvalue weighted by Crippen LogP contribution is -2.59. The third-order valence-corrected chi connectivity index (χ3v) is 9.06. The number of ether oxygens (including phenoxy) is 3. The van der Waals surface area contributed by atoms with Gasteiger partial charge in [0.25, 0.3) is 0 Å². The summed E-state index contributed by atoms with van der Waals surface area (Å²) in [6, 6.07) is 32.2. The standard InChI is InChI=1S/C18H15S.C13H15F7O8S/c1-4-10-16(11-5-1)19(17-12-6-2-7-13-17)18-14-8-3-9-15-18;1-4-26-9(22)11(12(16,17)18,28-8(21)7(2)3)27-6-5-10(14,15)13(19,20)29(23,24)25/h1-15H;2,4-6H2,1,3H3,(H,23,24,25)/q+1;/p-1. The fraction of sp³-hybridized carbons (Fsp3) is 0.290. The Morgan fingerprint density at radius 2 is 1.19 bits per heavy atom. The van der Waals surface area contributed by atoms with Gasteiger partial charge in [0.1, 0.15) is 0 Å². The largest absolute Gasteiger partial charge is 0.743 e. The molecule has 1 atom stereocenters. The van der Waals surface area contributed by atoms with Crippen LogP contribution in [0.5, 0.6) is 0 Å². The Hall–Kier alpha value is -3.93. The number of esters is 2. The highest BCUT2D eigenvalue weighted by Gasteiger charge is 2.68. The number of halogens is 7. The molecule has 0 saturated carbocycles. The van der Waals surface area contributed by atoms with E-state index in [9.17, 15) is 53.3 Å². The third-order valence-electron chi connectivity index (χ3n) is 5.90. The van der Waals surface area contributed by atoms with Gasteiger partial charge in [-0.05, 0) is 50.2 Å². The molecule has 0 aromatic heterocycles. The van der Waals surface area contributed by atoms with Crippen molar-refractivity contribution >= 4 is 33.0 Å². The number of alkyl halides is 7. The SMILES string of the molecule is C=C(C)C(=O)OC(OCCC(F)(F)C(F)(F)S(=O)(=O)[O-])(C(=O)OCC)C(F)(F)F.c1ccc([S+](c2ccccc2)c2ccccc2)cc1. The van der Waals surface area contributed by atoms with Crippen LogP contribution in [0.1, 0.15) is 20.3 Å². The van der Waals surface area contributed by atoms with E-state index in [0.717, 1.165) is 13.8 Å². The first kappa shape index (κ1) is 40.2. The molecule has 0 bridgehead atoms. The molecule has 0 heterocycles. The summed E-state index contributed by atoms with van der Waals surface area (Å²) in [5, 5.41) is -6.21. The molecule has 0 radical (unpaired) electrons. The van der Waals surface area contributed by atoms with Crippen LogP contribution in [0.3, 0.4) is 0 Å². The van der Waals surface area contributed by atoms with Crippen LogP contribution in [0, 0.1) is 0 Å². The van der Waals surface area contributed by atoms with E-state index in [-0.39, 0.29) is 10.9 Å². The minimum Gasteiger partial charge on any atom is -0.743 e. The van der Waals surface area contributed by atoms with E-state index in [0.29, 0.717) is 0 Å². The Kier molecular flexibility index (Phi) is 13.8. The minimum absolute atomic E-state index is 0.0146. The van der Waals surface area contributed by atoms with Crippen LogP contribution in [0.15, 0.2) is 118 Å². The first-order valence-corrected chi connectivity index (χ1v) is 16.2. The van der Waals surface area contributed by atoms with Crippen molar-refractivity contribution < 1.29 is 67.5 Å². The molecule has 0 fully saturated rings. The topological polar surface area (TPSA) is 119 Å². The Balaban J connectivity index is 0.000000359. The van der Waals surface area contributed by atoms with E-state index in [2.05, 4.69) is 112 Å². The summed E-state index contributed by atoms with van der Waals surface area (Å²) >= 11 is 0. The van der Waals surface area contributed by atoms with E-state index in [1.54, 1.807) is 0 Å². The summed E-state index contributed by atoms with van der Waals surface area (Å²) in [5.41, 5.74) is -0.694. The lowest BCUT2D eigenvalue weighted by atomic mass is 10.2. The van der Waals surface area contributed by atoms with Crippen LogP contribution in [0.25, 0.3) is 0 Å². The second-order valence-corrected chi connectivity index (χ2v) is 13.0. The molecular weight excluding hydrogens is 697 g/mol. The van der Waals surface area contributed by atoms with Crippen LogP contribution in [-0.2, 0) is 44.8 Å². The predicted octanol–water partition coefficient (Wildman–Crippen LogP) is 6.89. The zero-order valence-electron chi connectivity index (χ0n) is 25.2. The van der Waals surface area contributed by atoms with Crippen molar-refractivity contribution in [2.45, 2.75) is 58.1 Å². The molecule has 1 unspecified atom stereocenters. The molecule has 0 saturated heterocycles. The summed E-state index contributed by atoms with van der Waals surface area (Å²) in [5.74, 6) is -14.7. The second kappa shape index (κ2) is 16.5. The molecule has 0 N–H and O–H groups in total. The first-order valence-electron chi connectivity index (χ1n) is 13.6. The smallest absolute Gasteiger partial charge is 0.468 e. The van der Waals surface area contributed by atoms with Crippen LogP contribution in [0.2, 0.25) is 0 Å². The number of rotatable bonds is 13. The highest BCUT2D eigenvalue weighted by Crippen LogP contribution is 2.42. The average Bonchev–Trinajstić information content (AvgIpc) is 3.01. The molecule has 8 nitrogen and oxygen atoms in total. The normalized spacial score (nSPS) is 13.5. The van der Waals surface area contributed by atoms with Crippen molar-refractivity contribution in [3.8, 4) is 0 Å². The van der Waals surface area contributed by atoms with E-state index in [1.165, 1.54) is 14.7 Å². The lowest BCUT2D eigenvalue weighted by molar-refractivity contribution is -0.357. The number of hydrogen-bond acceptors (Lipinski definition) is 8. The van der Waals surface area contributed by atoms with E-state index in [1.807, 2.05) is 0 Å². The van der Waals surface area contributed by atoms with Gasteiger partial charge in [-0.25, -0.2) is 18.0 Å². The molecule has 3 aromatic rings. The molecule has 0 aliphatic carbocycles. The van der Waals surface area contributed by atoms with Crippen molar-refractivity contribution in [3.63, 3.8) is 0 Å². The van der Waals surface area contributed by atoms with Crippen LogP contribution < -0.4 is 0 Å². The van der Waals surface area contributed by atoms with Gasteiger partial charge in [-0.1, -0.05) is 61.2 Å². The highest BCUT2D eigenvalue weighted by molar-refractivity contribution is 7.97. The fourth-order valence-corrected chi connectivity index (χ4v) is 6.13. The van der Waals surface area contributed by atoms with E-state index >= 15 is 0 Å². The van der Waals surface area contributed by atoms with Gasteiger partial charge >= 0.3 is 35.1 Å². The van der Waals surface area contributed by atoms with Gasteiger partial charge in [-0.3, -0.25) is 0 Å². The van der Waals surface area contributed by atoms with Crippen molar-refractivity contribution in [3.05, 3.63) is 103 Å². The van der Waals surface area contributed by atoms with Gasteiger partial charge in [-0.15, -0.1) is 0 Å². The Morgan fingerprint density at radius 1 is 0.792 bits per heavy atom. The molecule has 3 rings (SSSR count). The maximum absolute atomic E-state index is 13.4. The van der Waals surface area contributed by atoms with Crippen molar-refractivity contribution in [1.82, 2.24) is 0 Å². The van der Waals surface area contributed by atoms with Crippen LogP contribution in [0.4, 0.5) is 30.7 Å². The molecule has 262 valence electrons. The minimum atomic E-state index is -6.91. The van der Waals surface area contributed by atoms with Gasteiger partial charge in [0.05, 0.1) is 24.1 Å². The quantitative estimate of drug-likeness (QED) is 0.0467. The fourth-order valence-electron chi connectivity index (χ4n) is 3.56. The van der Waals surface area contributed by atoms with E-state index < -0.39 is 70.4 Å². The summed E-state index contributed by atoms with van der Waals surface area (Å²) in [7, 11) is -6.92. The maximum atomic E-state index is 13.4. The average molecular weight is 727 g/mol. The van der Waals surface area contributed by atoms with Gasteiger partial charge in [-0.2, -0.15) is 30.7 Å². The highest BCUT2D eigenvalue weighted by atomic mass is 32.2. The molecule has 3 aromatic carbocycles. The summed E-state index contributed by atoms with van der Waals surface area (Å²) < 4.78 is 136. The lowest BCUT2D eigenvalue weighted by Gasteiger charge is -2.33. The monoisotopic (exact) mass is 726 g/mol. The zero-order valence-corrected chi connectivity index (χ0v) is 26.8. The molecule has 48 heavy (non-hydrogen) atoms. The first-order chi connectivity index (χ1) is 22.2. The number of hydrogen-bond donors (Lipinski definition) is 0. The van der Waals surface area contributed by atoms with Gasteiger partial charge < -0.3 is 18.8 Å². The van der Waals surface area contributed by atoms with Gasteiger partial charge in [0.2, 0.25) is 0 Å². The molecular formula is C31H29F7O8S2. The molecule has 0 aliphatic heterocycles. The Bertz CT molecular complexity index is 1530. The third kappa shape index (κ3) is 9.81. The molecule has 17 heteroatoms. The van der Waals surface area contributed by atoms with Crippen molar-refractivity contribution in [1.29, 1.82) is 0 Å². The van der Waals surface area contributed by atoms with Crippen molar-refractivity contribution in [2.24, 2.45) is 0 Å². The summed E-state index contributed by atoms with van der Waals surface area (Å²) in [4.78, 5) is 27.3. The second-order valence-electron chi connectivity index (χ2n) is 9.52. The van der Waals surface area contributed by atoms with Gasteiger partial charge in [0, 0.05) is 12.0 Å². The number of carbonyl (C=O) groups excluding carboxylic acids is 2. The van der Waals surface area contributed by atoms with Crippen LogP contribution in [-0.4, -0.2) is 61.3 Å². The Morgan fingerprint density at radius 3 is 1.50 bits per heavy atom. The van der Waals surface area contributed by atoms with Crippen molar-refractivity contribution in [2.75, 3.05) is 13.2 Å². The molecule has 0 spiro atoms. The van der Waals surface area contributed by atoms with Crippen LogP contribution >= 0.6 is 0 Å². The Labute approximate surface area is 274 Å². The molecule has 0 amide bonds. The predicted molar refractivity (Wildman–Crippen MR) is 158 cm³/mol. The van der Waals surface area contributed by atoms with E-state index in [4.69, 9.17) is 0 Å². The van der Waals surface area contributed by atoms with Gasteiger partial charge in [0.15, 0.2) is 24.8 Å². The maximum Gasteiger partial charge on any atom is 0.468 e. The number of benzene rings is 3. The summed E-state index contributed by atoms with van der Waals surface area (Å²) in [6.07, 6.45) is -8.43.